The Hall–Kier alpha value is -2.19. The SMILES string of the molecule is CCCCCC(=O)O.CCCCCC(=O)O.Cc1ncc(CO)c(CO)c1O. The Morgan fingerprint density at radius 3 is 1.68 bits per heavy atom. The van der Waals surface area contributed by atoms with Crippen molar-refractivity contribution in [2.75, 3.05) is 0 Å². The van der Waals surface area contributed by atoms with Gasteiger partial charge in [-0.3, -0.25) is 14.6 Å². The van der Waals surface area contributed by atoms with Crippen molar-refractivity contribution in [3.05, 3.63) is 23.0 Å². The molecular weight excluding hydrogens is 366 g/mol. The Bertz CT molecular complexity index is 542. The van der Waals surface area contributed by atoms with Gasteiger partial charge in [0.15, 0.2) is 0 Å². The molecule has 0 unspecified atom stereocenters. The van der Waals surface area contributed by atoms with Gasteiger partial charge in [-0.2, -0.15) is 0 Å². The van der Waals surface area contributed by atoms with Crippen molar-refractivity contribution in [1.29, 1.82) is 0 Å². The van der Waals surface area contributed by atoms with E-state index < -0.39 is 11.9 Å². The number of nitrogens with zero attached hydrogens (tertiary/aromatic N) is 1. The normalized spacial score (nSPS) is 9.61. The van der Waals surface area contributed by atoms with E-state index in [1.165, 1.54) is 6.20 Å². The van der Waals surface area contributed by atoms with Crippen LogP contribution in [0.25, 0.3) is 0 Å². The number of rotatable bonds is 10. The summed E-state index contributed by atoms with van der Waals surface area (Å²) in [5.74, 6) is -1.40. The molecule has 0 amide bonds. The lowest BCUT2D eigenvalue weighted by molar-refractivity contribution is -0.138. The molecule has 1 aromatic rings. The van der Waals surface area contributed by atoms with Gasteiger partial charge in [-0.1, -0.05) is 39.5 Å². The number of carboxylic acids is 2. The molecule has 0 aliphatic carbocycles. The number of aliphatic hydroxyl groups is 2. The first kappa shape index (κ1) is 28.0. The Kier molecular flexibility index (Phi) is 18.2. The van der Waals surface area contributed by atoms with Gasteiger partial charge in [0, 0.05) is 30.2 Å². The average Bonchev–Trinajstić information content (AvgIpc) is 2.65. The predicted octanol–water partition coefficient (Wildman–Crippen LogP) is 3.38. The largest absolute Gasteiger partial charge is 0.506 e. The molecule has 0 fully saturated rings. The van der Waals surface area contributed by atoms with Crippen LogP contribution < -0.4 is 0 Å². The fourth-order valence-electron chi connectivity index (χ4n) is 2.05. The van der Waals surface area contributed by atoms with E-state index in [0.717, 1.165) is 38.5 Å². The number of hydrogen-bond donors (Lipinski definition) is 5. The molecule has 0 saturated heterocycles. The maximum absolute atomic E-state index is 9.87. The van der Waals surface area contributed by atoms with Crippen LogP contribution in [0.2, 0.25) is 0 Å². The molecule has 0 radical (unpaired) electrons. The number of hydrogen-bond acceptors (Lipinski definition) is 6. The van der Waals surface area contributed by atoms with Crippen LogP contribution in [0, 0.1) is 6.92 Å². The van der Waals surface area contributed by atoms with Crippen molar-refractivity contribution >= 4 is 11.9 Å². The molecular formula is C20H35NO7. The molecule has 1 heterocycles. The molecule has 1 aromatic heterocycles. The molecule has 162 valence electrons. The minimum Gasteiger partial charge on any atom is -0.506 e. The summed E-state index contributed by atoms with van der Waals surface area (Å²) in [5.41, 5.74) is 1.27. The van der Waals surface area contributed by atoms with Crippen molar-refractivity contribution < 1.29 is 35.1 Å². The fraction of sp³-hybridized carbons (Fsp3) is 0.650. The van der Waals surface area contributed by atoms with Crippen LogP contribution in [-0.4, -0.2) is 42.5 Å². The first-order valence-electron chi connectivity index (χ1n) is 9.56. The number of unbranched alkanes of at least 4 members (excludes halogenated alkanes) is 4. The molecule has 0 aliphatic rings. The molecule has 0 saturated carbocycles. The highest BCUT2D eigenvalue weighted by Gasteiger charge is 2.09. The van der Waals surface area contributed by atoms with Gasteiger partial charge in [0.05, 0.1) is 18.9 Å². The zero-order valence-corrected chi connectivity index (χ0v) is 17.1. The number of pyridine rings is 1. The summed E-state index contributed by atoms with van der Waals surface area (Å²) in [4.78, 5) is 23.6. The van der Waals surface area contributed by atoms with Crippen molar-refractivity contribution in [2.24, 2.45) is 0 Å². The third kappa shape index (κ3) is 14.9. The van der Waals surface area contributed by atoms with Crippen LogP contribution in [0.5, 0.6) is 5.75 Å². The van der Waals surface area contributed by atoms with Crippen LogP contribution in [0.3, 0.4) is 0 Å². The summed E-state index contributed by atoms with van der Waals surface area (Å²) in [6.45, 7) is 5.24. The first-order valence-corrected chi connectivity index (χ1v) is 9.56. The second-order valence-corrected chi connectivity index (χ2v) is 6.21. The summed E-state index contributed by atoms with van der Waals surface area (Å²) < 4.78 is 0. The Labute approximate surface area is 166 Å². The van der Waals surface area contributed by atoms with Gasteiger partial charge >= 0.3 is 11.9 Å². The van der Waals surface area contributed by atoms with Gasteiger partial charge in [-0.25, -0.2) is 0 Å². The highest BCUT2D eigenvalue weighted by atomic mass is 16.4. The molecule has 1 rings (SSSR count). The topological polar surface area (TPSA) is 148 Å². The summed E-state index contributed by atoms with van der Waals surface area (Å²) >= 11 is 0. The minimum absolute atomic E-state index is 0.0379. The Morgan fingerprint density at radius 2 is 1.36 bits per heavy atom. The number of carboxylic acid groups (broad SMARTS) is 2. The molecule has 0 bridgehead atoms. The quantitative estimate of drug-likeness (QED) is 0.375. The summed E-state index contributed by atoms with van der Waals surface area (Å²) in [7, 11) is 0. The van der Waals surface area contributed by atoms with E-state index in [2.05, 4.69) is 18.8 Å². The highest BCUT2D eigenvalue weighted by Crippen LogP contribution is 2.23. The van der Waals surface area contributed by atoms with E-state index in [9.17, 15) is 14.7 Å². The molecule has 8 heteroatoms. The van der Waals surface area contributed by atoms with E-state index >= 15 is 0 Å². The van der Waals surface area contributed by atoms with Gasteiger partial charge < -0.3 is 25.5 Å². The van der Waals surface area contributed by atoms with Gasteiger partial charge in [-0.05, 0) is 19.8 Å². The second-order valence-electron chi connectivity index (χ2n) is 6.21. The van der Waals surface area contributed by atoms with Gasteiger partial charge in [0.2, 0.25) is 0 Å². The molecule has 0 atom stereocenters. The van der Waals surface area contributed by atoms with Gasteiger partial charge in [0.1, 0.15) is 5.75 Å². The monoisotopic (exact) mass is 401 g/mol. The van der Waals surface area contributed by atoms with E-state index in [1.54, 1.807) is 6.92 Å². The zero-order chi connectivity index (χ0) is 21.9. The van der Waals surface area contributed by atoms with Crippen molar-refractivity contribution in [3.8, 4) is 5.75 Å². The van der Waals surface area contributed by atoms with Crippen molar-refractivity contribution in [3.63, 3.8) is 0 Å². The van der Waals surface area contributed by atoms with Gasteiger partial charge in [-0.15, -0.1) is 0 Å². The van der Waals surface area contributed by atoms with Crippen LogP contribution in [0.15, 0.2) is 6.20 Å². The zero-order valence-electron chi connectivity index (χ0n) is 17.1. The van der Waals surface area contributed by atoms with Crippen LogP contribution in [-0.2, 0) is 22.8 Å². The number of aromatic hydroxyl groups is 1. The molecule has 8 nitrogen and oxygen atoms in total. The molecule has 0 aromatic carbocycles. The number of aliphatic carboxylic acids is 2. The fourth-order valence-corrected chi connectivity index (χ4v) is 2.05. The summed E-state index contributed by atoms with van der Waals surface area (Å²) in [6, 6.07) is 0. The molecule has 5 N–H and O–H groups in total. The Morgan fingerprint density at radius 1 is 0.893 bits per heavy atom. The second kappa shape index (κ2) is 18.2. The third-order valence-corrected chi connectivity index (χ3v) is 3.75. The van der Waals surface area contributed by atoms with Crippen molar-refractivity contribution in [2.45, 2.75) is 85.4 Å². The van der Waals surface area contributed by atoms with E-state index in [0.29, 0.717) is 29.7 Å². The van der Waals surface area contributed by atoms with E-state index in [-0.39, 0.29) is 19.0 Å². The average molecular weight is 402 g/mol. The van der Waals surface area contributed by atoms with E-state index in [4.69, 9.17) is 20.4 Å². The lowest BCUT2D eigenvalue weighted by Gasteiger charge is -2.07. The molecule has 28 heavy (non-hydrogen) atoms. The van der Waals surface area contributed by atoms with E-state index in [1.807, 2.05) is 0 Å². The third-order valence-electron chi connectivity index (χ3n) is 3.75. The standard InChI is InChI=1S/C8H11NO3.2C6H12O2/c1-5-8(12)7(4-11)6(3-10)2-9-5;2*1-2-3-4-5-6(7)8/h2,10-12H,3-4H2,1H3;2*2-5H2,1H3,(H,7,8). The number of carbonyl (C=O) groups is 2. The van der Waals surface area contributed by atoms with Gasteiger partial charge in [0.25, 0.3) is 0 Å². The lowest BCUT2D eigenvalue weighted by Crippen LogP contribution is -1.98. The first-order chi connectivity index (χ1) is 13.2. The van der Waals surface area contributed by atoms with Crippen LogP contribution in [0.1, 0.15) is 82.0 Å². The lowest BCUT2D eigenvalue weighted by atomic mass is 10.1. The summed E-state index contributed by atoms with van der Waals surface area (Å²) in [6.07, 6.45) is 8.00. The number of aryl methyl sites for hydroxylation is 1. The maximum atomic E-state index is 9.87. The minimum atomic E-state index is -0.682. The molecule has 0 aliphatic heterocycles. The predicted molar refractivity (Wildman–Crippen MR) is 106 cm³/mol. The number of aliphatic hydroxyl groups excluding tert-OH is 2. The number of aromatic nitrogens is 1. The summed E-state index contributed by atoms with van der Waals surface area (Å²) in [5, 5.41) is 43.3. The van der Waals surface area contributed by atoms with Crippen LogP contribution in [0.4, 0.5) is 0 Å². The van der Waals surface area contributed by atoms with Crippen molar-refractivity contribution in [1.82, 2.24) is 4.98 Å². The smallest absolute Gasteiger partial charge is 0.303 e. The highest BCUT2D eigenvalue weighted by molar-refractivity contribution is 5.66. The molecule has 0 spiro atoms. The maximum Gasteiger partial charge on any atom is 0.303 e. The van der Waals surface area contributed by atoms with Crippen LogP contribution >= 0.6 is 0 Å². The Balaban J connectivity index is 0.